The van der Waals surface area contributed by atoms with Crippen molar-refractivity contribution in [1.82, 2.24) is 5.32 Å². The summed E-state index contributed by atoms with van der Waals surface area (Å²) in [4.78, 5) is 28.2. The fourth-order valence-electron chi connectivity index (χ4n) is 2.94. The van der Waals surface area contributed by atoms with Gasteiger partial charge in [0.05, 0.1) is 20.6 Å². The smallest absolute Gasteiger partial charge is 0.335 e. The Kier molecular flexibility index (Phi) is 6.90. The van der Waals surface area contributed by atoms with E-state index in [1.807, 2.05) is 12.1 Å². The first kappa shape index (κ1) is 22.8. The number of carbonyl (C=O) groups excluding carboxylic acids is 1. The van der Waals surface area contributed by atoms with Crippen molar-refractivity contribution in [2.24, 2.45) is 4.99 Å². The Hall–Kier alpha value is -3.43. The molecule has 0 aliphatic carbocycles. The van der Waals surface area contributed by atoms with Crippen molar-refractivity contribution in [3.05, 3.63) is 98.6 Å². The average Bonchev–Trinajstić information content (AvgIpc) is 3.13. The predicted octanol–water partition coefficient (Wildman–Crippen LogP) is 5.76. The van der Waals surface area contributed by atoms with Crippen LogP contribution in [-0.4, -0.2) is 22.2 Å². The Morgan fingerprint density at radius 3 is 2.67 bits per heavy atom. The quantitative estimate of drug-likeness (QED) is 0.399. The van der Waals surface area contributed by atoms with Gasteiger partial charge in [-0.25, -0.2) is 14.2 Å². The molecule has 1 saturated heterocycles. The summed E-state index contributed by atoms with van der Waals surface area (Å²) in [6.07, 6.45) is 1.73. The van der Waals surface area contributed by atoms with E-state index in [4.69, 9.17) is 9.84 Å². The van der Waals surface area contributed by atoms with E-state index in [1.54, 1.807) is 30.3 Å². The van der Waals surface area contributed by atoms with E-state index in [0.29, 0.717) is 26.0 Å². The summed E-state index contributed by atoms with van der Waals surface area (Å²) in [5.41, 5.74) is 2.26. The molecule has 1 aliphatic heterocycles. The molecular formula is C24H16BrFN2O4S. The van der Waals surface area contributed by atoms with Gasteiger partial charge in [0.2, 0.25) is 0 Å². The van der Waals surface area contributed by atoms with Gasteiger partial charge in [-0.1, -0.05) is 18.2 Å². The molecule has 1 amide bonds. The monoisotopic (exact) mass is 526 g/mol. The summed E-state index contributed by atoms with van der Waals surface area (Å²) in [7, 11) is 0. The van der Waals surface area contributed by atoms with Crippen LogP contribution in [0, 0.1) is 5.82 Å². The number of carbonyl (C=O) groups is 2. The second kappa shape index (κ2) is 10.0. The zero-order chi connectivity index (χ0) is 23.4. The molecule has 1 aliphatic rings. The number of aliphatic imine (C=N–C) groups is 1. The first-order chi connectivity index (χ1) is 15.9. The molecule has 3 aromatic rings. The predicted molar refractivity (Wildman–Crippen MR) is 129 cm³/mol. The lowest BCUT2D eigenvalue weighted by Gasteiger charge is -2.09. The molecule has 0 unspecified atom stereocenters. The van der Waals surface area contributed by atoms with E-state index in [2.05, 4.69) is 26.2 Å². The molecule has 4 rings (SSSR count). The second-order valence-corrected chi connectivity index (χ2v) is 8.83. The normalized spacial score (nSPS) is 15.6. The van der Waals surface area contributed by atoms with E-state index in [0.717, 1.165) is 11.1 Å². The van der Waals surface area contributed by atoms with E-state index in [9.17, 15) is 14.0 Å². The highest BCUT2D eigenvalue weighted by Gasteiger charge is 2.24. The van der Waals surface area contributed by atoms with Crippen LogP contribution in [-0.2, 0) is 11.4 Å². The van der Waals surface area contributed by atoms with Gasteiger partial charge in [0.15, 0.2) is 5.17 Å². The fraction of sp³-hybridized carbons (Fsp3) is 0.0417. The largest absolute Gasteiger partial charge is 0.488 e. The Morgan fingerprint density at radius 1 is 1.15 bits per heavy atom. The highest BCUT2D eigenvalue weighted by molar-refractivity contribution is 9.10. The van der Waals surface area contributed by atoms with Crippen molar-refractivity contribution in [2.45, 2.75) is 6.61 Å². The first-order valence-electron chi connectivity index (χ1n) is 9.67. The molecular weight excluding hydrogens is 511 g/mol. The van der Waals surface area contributed by atoms with Crippen LogP contribution in [0.4, 0.5) is 10.1 Å². The molecule has 166 valence electrons. The Labute approximate surface area is 201 Å². The molecule has 0 atom stereocenters. The Balaban J connectivity index is 1.44. The number of ether oxygens (including phenoxy) is 1. The van der Waals surface area contributed by atoms with Gasteiger partial charge in [0, 0.05) is 0 Å². The van der Waals surface area contributed by atoms with Crippen molar-refractivity contribution in [2.75, 3.05) is 0 Å². The van der Waals surface area contributed by atoms with Crippen LogP contribution < -0.4 is 10.1 Å². The lowest BCUT2D eigenvalue weighted by atomic mass is 10.1. The maximum atomic E-state index is 13.0. The van der Waals surface area contributed by atoms with Crippen LogP contribution in [0.15, 0.2) is 81.1 Å². The van der Waals surface area contributed by atoms with Crippen molar-refractivity contribution in [3.63, 3.8) is 0 Å². The number of benzene rings is 3. The number of rotatable bonds is 6. The summed E-state index contributed by atoms with van der Waals surface area (Å²) >= 11 is 4.67. The molecule has 0 radical (unpaired) electrons. The van der Waals surface area contributed by atoms with Gasteiger partial charge in [0.25, 0.3) is 5.91 Å². The second-order valence-electron chi connectivity index (χ2n) is 6.94. The van der Waals surface area contributed by atoms with Gasteiger partial charge in [-0.15, -0.1) is 0 Å². The third-order valence-corrected chi connectivity index (χ3v) is 6.06. The van der Waals surface area contributed by atoms with Gasteiger partial charge in [-0.05, 0) is 93.4 Å². The van der Waals surface area contributed by atoms with Crippen LogP contribution >= 0.6 is 27.7 Å². The van der Waals surface area contributed by atoms with Gasteiger partial charge in [0.1, 0.15) is 18.2 Å². The fourth-order valence-corrected chi connectivity index (χ4v) is 4.30. The lowest BCUT2D eigenvalue weighted by molar-refractivity contribution is -0.115. The molecule has 2 N–H and O–H groups in total. The van der Waals surface area contributed by atoms with Gasteiger partial charge < -0.3 is 15.2 Å². The van der Waals surface area contributed by atoms with E-state index >= 15 is 0 Å². The van der Waals surface area contributed by atoms with Crippen molar-refractivity contribution in [1.29, 1.82) is 0 Å². The number of nitrogens with one attached hydrogen (secondary N) is 1. The van der Waals surface area contributed by atoms with Crippen LogP contribution in [0.25, 0.3) is 6.08 Å². The van der Waals surface area contributed by atoms with Gasteiger partial charge in [-0.2, -0.15) is 0 Å². The maximum absolute atomic E-state index is 13.0. The number of halogens is 2. The SMILES string of the molecule is O=C1NC(=Nc2ccc(F)cc2)S/C1=C/c1ccc(OCc2cccc(C(=O)O)c2)c(Br)c1. The minimum Gasteiger partial charge on any atom is -0.488 e. The molecule has 0 bridgehead atoms. The molecule has 33 heavy (non-hydrogen) atoms. The third kappa shape index (κ3) is 5.88. The average molecular weight is 527 g/mol. The highest BCUT2D eigenvalue weighted by atomic mass is 79.9. The number of carboxylic acid groups (broad SMARTS) is 1. The number of carboxylic acids is 1. The van der Waals surface area contributed by atoms with Crippen molar-refractivity contribution in [3.8, 4) is 5.75 Å². The van der Waals surface area contributed by atoms with E-state index in [-0.39, 0.29) is 23.9 Å². The Morgan fingerprint density at radius 2 is 1.94 bits per heavy atom. The Bertz CT molecular complexity index is 1290. The molecule has 0 saturated carbocycles. The molecule has 0 spiro atoms. The zero-order valence-electron chi connectivity index (χ0n) is 16.9. The standard InChI is InChI=1S/C24H16BrFN2O4S/c25-19-11-14(4-9-20(19)32-13-15-2-1-3-16(10-15)23(30)31)12-21-22(29)28-24(33-21)27-18-7-5-17(26)6-8-18/h1-12H,13H2,(H,30,31)(H,27,28,29)/b21-12+. The molecule has 0 aromatic heterocycles. The minimum absolute atomic E-state index is 0.201. The number of nitrogens with zero attached hydrogens (tertiary/aromatic N) is 1. The van der Waals surface area contributed by atoms with Gasteiger partial charge >= 0.3 is 5.97 Å². The summed E-state index contributed by atoms with van der Waals surface area (Å²) in [6.45, 7) is 0.210. The number of thioether (sulfide) groups is 1. The third-order valence-electron chi connectivity index (χ3n) is 4.53. The minimum atomic E-state index is -0.991. The number of amidine groups is 1. The summed E-state index contributed by atoms with van der Waals surface area (Å²) in [5, 5.41) is 12.2. The molecule has 9 heteroatoms. The number of aromatic carboxylic acids is 1. The summed E-state index contributed by atoms with van der Waals surface area (Å²) in [6, 6.07) is 17.6. The first-order valence-corrected chi connectivity index (χ1v) is 11.3. The van der Waals surface area contributed by atoms with Crippen molar-refractivity contribution >= 4 is 56.5 Å². The van der Waals surface area contributed by atoms with Crippen LogP contribution in [0.3, 0.4) is 0 Å². The molecule has 1 heterocycles. The van der Waals surface area contributed by atoms with Crippen LogP contribution in [0.5, 0.6) is 5.75 Å². The number of amides is 1. The highest BCUT2D eigenvalue weighted by Crippen LogP contribution is 2.31. The van der Waals surface area contributed by atoms with Crippen LogP contribution in [0.1, 0.15) is 21.5 Å². The van der Waals surface area contributed by atoms with Gasteiger partial charge in [-0.3, -0.25) is 4.79 Å². The van der Waals surface area contributed by atoms with E-state index < -0.39 is 5.97 Å². The molecule has 3 aromatic carbocycles. The number of hydrogen-bond acceptors (Lipinski definition) is 5. The molecule has 6 nitrogen and oxygen atoms in total. The topological polar surface area (TPSA) is 88.0 Å². The maximum Gasteiger partial charge on any atom is 0.335 e. The number of hydrogen-bond donors (Lipinski definition) is 2. The van der Waals surface area contributed by atoms with Crippen molar-refractivity contribution < 1.29 is 23.8 Å². The van der Waals surface area contributed by atoms with E-state index in [1.165, 1.54) is 42.1 Å². The zero-order valence-corrected chi connectivity index (χ0v) is 19.3. The molecule has 1 fully saturated rings. The lowest BCUT2D eigenvalue weighted by Crippen LogP contribution is -2.19. The summed E-state index contributed by atoms with van der Waals surface area (Å²) in [5.74, 6) is -1.03. The van der Waals surface area contributed by atoms with Crippen LogP contribution in [0.2, 0.25) is 0 Å². The summed E-state index contributed by atoms with van der Waals surface area (Å²) < 4.78 is 19.5.